The third kappa shape index (κ3) is 3.21. The maximum absolute atomic E-state index is 12.4. The van der Waals surface area contributed by atoms with Gasteiger partial charge in [-0.25, -0.2) is 8.42 Å². The first-order chi connectivity index (χ1) is 9.85. The van der Waals surface area contributed by atoms with Gasteiger partial charge in [0.25, 0.3) is 0 Å². The summed E-state index contributed by atoms with van der Waals surface area (Å²) in [5, 5.41) is 3.76. The molecule has 2 rings (SSSR count). The molecule has 0 saturated heterocycles. The molecule has 0 aliphatic carbocycles. The number of rotatable bonds is 5. The molecule has 0 fully saturated rings. The predicted molar refractivity (Wildman–Crippen MR) is 77.9 cm³/mol. The van der Waals surface area contributed by atoms with Crippen LogP contribution in [0.25, 0.3) is 0 Å². The van der Waals surface area contributed by atoms with Gasteiger partial charge in [-0.1, -0.05) is 24.2 Å². The van der Waals surface area contributed by atoms with Crippen molar-refractivity contribution < 1.29 is 17.7 Å². The first-order valence-corrected chi connectivity index (χ1v) is 8.28. The van der Waals surface area contributed by atoms with E-state index in [9.17, 15) is 13.2 Å². The van der Waals surface area contributed by atoms with Gasteiger partial charge in [0.2, 0.25) is 0 Å². The summed E-state index contributed by atoms with van der Waals surface area (Å²) in [6, 6.07) is 6.03. The molecule has 6 heteroatoms. The molecule has 0 aliphatic rings. The van der Waals surface area contributed by atoms with Crippen LogP contribution in [0, 0.1) is 13.8 Å². The van der Waals surface area contributed by atoms with Crippen LogP contribution in [0.1, 0.15) is 40.7 Å². The van der Waals surface area contributed by atoms with E-state index in [2.05, 4.69) is 5.16 Å². The van der Waals surface area contributed by atoms with Gasteiger partial charge >= 0.3 is 0 Å². The second-order valence-electron chi connectivity index (χ2n) is 4.86. The fourth-order valence-electron chi connectivity index (χ4n) is 2.03. The topological polar surface area (TPSA) is 77.2 Å². The molecule has 0 amide bonds. The average molecular weight is 307 g/mol. The summed E-state index contributed by atoms with van der Waals surface area (Å²) in [4.78, 5) is 11.7. The van der Waals surface area contributed by atoms with E-state index in [1.165, 1.54) is 12.1 Å². The van der Waals surface area contributed by atoms with Crippen molar-refractivity contribution in [2.45, 2.75) is 37.8 Å². The highest BCUT2D eigenvalue weighted by molar-refractivity contribution is 7.90. The molecule has 0 N–H and O–H groups in total. The smallest absolute Gasteiger partial charge is 0.182 e. The minimum absolute atomic E-state index is 0.00956. The highest BCUT2D eigenvalue weighted by Crippen LogP contribution is 2.21. The molecule has 0 atom stereocenters. The van der Waals surface area contributed by atoms with E-state index in [-0.39, 0.29) is 16.4 Å². The number of ketones is 1. The zero-order valence-electron chi connectivity index (χ0n) is 12.2. The summed E-state index contributed by atoms with van der Waals surface area (Å²) < 4.78 is 29.8. The Bertz CT molecular complexity index is 738. The lowest BCUT2D eigenvalue weighted by Gasteiger charge is -2.05. The molecule has 1 heterocycles. The normalized spacial score (nSPS) is 11.6. The van der Waals surface area contributed by atoms with Crippen molar-refractivity contribution in [2.24, 2.45) is 0 Å². The Kier molecular flexibility index (Phi) is 4.27. The molecule has 5 nitrogen and oxygen atoms in total. The monoisotopic (exact) mass is 307 g/mol. The van der Waals surface area contributed by atoms with Crippen LogP contribution in [0.15, 0.2) is 33.7 Å². The summed E-state index contributed by atoms with van der Waals surface area (Å²) in [5.41, 5.74) is 1.69. The van der Waals surface area contributed by atoms with Crippen molar-refractivity contribution in [3.05, 3.63) is 46.8 Å². The highest BCUT2D eigenvalue weighted by Gasteiger charge is 2.21. The Hall–Kier alpha value is -1.95. The summed E-state index contributed by atoms with van der Waals surface area (Å²) in [5.74, 6) is 0.341. The molecule has 21 heavy (non-hydrogen) atoms. The average Bonchev–Trinajstić information content (AvgIpc) is 2.78. The van der Waals surface area contributed by atoms with Crippen LogP contribution in [0.2, 0.25) is 0 Å². The van der Waals surface area contributed by atoms with Crippen LogP contribution >= 0.6 is 0 Å². The summed E-state index contributed by atoms with van der Waals surface area (Å²) in [7, 11) is -3.49. The maximum Gasteiger partial charge on any atom is 0.182 e. The number of aromatic nitrogens is 1. The maximum atomic E-state index is 12.4. The molecule has 0 aliphatic heterocycles. The number of carbonyl (C=O) groups is 1. The van der Waals surface area contributed by atoms with Crippen LogP contribution in [0.3, 0.4) is 0 Å². The standard InChI is InChI=1S/C15H17NO4S/c1-4-15(17)12-5-7-13(8-6-12)21(18,19)9-14-10(2)16-20-11(14)3/h5-8H,4,9H2,1-3H3. The molecule has 0 bridgehead atoms. The fraction of sp³-hybridized carbons (Fsp3) is 0.333. The minimum atomic E-state index is -3.49. The van der Waals surface area contributed by atoms with Gasteiger partial charge in [0, 0.05) is 17.5 Å². The van der Waals surface area contributed by atoms with Gasteiger partial charge < -0.3 is 4.52 Å². The molecule has 0 spiro atoms. The van der Waals surface area contributed by atoms with Gasteiger partial charge in [-0.3, -0.25) is 4.79 Å². The van der Waals surface area contributed by atoms with Crippen molar-refractivity contribution >= 4 is 15.6 Å². The SMILES string of the molecule is CCC(=O)c1ccc(S(=O)(=O)Cc2c(C)noc2C)cc1. The molecule has 0 radical (unpaired) electrons. The number of nitrogens with zero attached hydrogens (tertiary/aromatic N) is 1. The summed E-state index contributed by atoms with van der Waals surface area (Å²) >= 11 is 0. The molecule has 2 aromatic rings. The van der Waals surface area contributed by atoms with Crippen LogP contribution in [-0.2, 0) is 15.6 Å². The first-order valence-electron chi connectivity index (χ1n) is 6.63. The molecular formula is C15H17NO4S. The van der Waals surface area contributed by atoms with Crippen molar-refractivity contribution in [1.82, 2.24) is 5.16 Å². The lowest BCUT2D eigenvalue weighted by atomic mass is 10.1. The van der Waals surface area contributed by atoms with E-state index < -0.39 is 9.84 Å². The van der Waals surface area contributed by atoms with Crippen LogP contribution < -0.4 is 0 Å². The molecule has 1 aromatic carbocycles. The van der Waals surface area contributed by atoms with Gasteiger partial charge in [-0.05, 0) is 26.0 Å². The predicted octanol–water partition coefficient (Wildman–Crippen LogP) is 2.86. The Labute approximate surface area is 123 Å². The fourth-order valence-corrected chi connectivity index (χ4v) is 3.54. The Morgan fingerprint density at radius 1 is 1.19 bits per heavy atom. The molecular weight excluding hydrogens is 290 g/mol. The Morgan fingerprint density at radius 3 is 2.29 bits per heavy atom. The van der Waals surface area contributed by atoms with E-state index in [0.717, 1.165) is 0 Å². The van der Waals surface area contributed by atoms with Crippen LogP contribution in [0.5, 0.6) is 0 Å². The first kappa shape index (κ1) is 15.4. The Balaban J connectivity index is 2.30. The second-order valence-corrected chi connectivity index (χ2v) is 6.85. The van der Waals surface area contributed by atoms with Crippen molar-refractivity contribution in [1.29, 1.82) is 0 Å². The third-order valence-corrected chi connectivity index (χ3v) is 5.03. The summed E-state index contributed by atoms with van der Waals surface area (Å²) in [6.45, 7) is 5.17. The zero-order valence-corrected chi connectivity index (χ0v) is 13.0. The number of benzene rings is 1. The van der Waals surface area contributed by atoms with Gasteiger partial charge in [-0.2, -0.15) is 0 Å². The van der Waals surface area contributed by atoms with Crippen molar-refractivity contribution in [3.63, 3.8) is 0 Å². The number of hydrogen-bond donors (Lipinski definition) is 0. The van der Waals surface area contributed by atoms with Gasteiger partial charge in [-0.15, -0.1) is 0 Å². The highest BCUT2D eigenvalue weighted by atomic mass is 32.2. The van der Waals surface area contributed by atoms with Crippen LogP contribution in [0.4, 0.5) is 0 Å². The Morgan fingerprint density at radius 2 is 1.81 bits per heavy atom. The van der Waals surface area contributed by atoms with Crippen molar-refractivity contribution in [2.75, 3.05) is 0 Å². The van der Waals surface area contributed by atoms with E-state index in [0.29, 0.717) is 29.0 Å². The van der Waals surface area contributed by atoms with E-state index in [1.54, 1.807) is 32.9 Å². The molecule has 0 unspecified atom stereocenters. The lowest BCUT2D eigenvalue weighted by Crippen LogP contribution is -2.07. The number of aryl methyl sites for hydroxylation is 2. The number of hydrogen-bond acceptors (Lipinski definition) is 5. The lowest BCUT2D eigenvalue weighted by molar-refractivity contribution is 0.0988. The largest absolute Gasteiger partial charge is 0.361 e. The third-order valence-electron chi connectivity index (χ3n) is 3.37. The van der Waals surface area contributed by atoms with E-state index in [1.807, 2.05) is 0 Å². The second kappa shape index (κ2) is 5.81. The zero-order chi connectivity index (χ0) is 15.6. The van der Waals surface area contributed by atoms with Gasteiger partial charge in [0.1, 0.15) is 5.76 Å². The quantitative estimate of drug-likeness (QED) is 0.794. The van der Waals surface area contributed by atoms with E-state index >= 15 is 0 Å². The number of carbonyl (C=O) groups excluding carboxylic acids is 1. The van der Waals surface area contributed by atoms with Gasteiger partial charge in [0.05, 0.1) is 16.3 Å². The summed E-state index contributed by atoms with van der Waals surface area (Å²) in [6.07, 6.45) is 0.394. The van der Waals surface area contributed by atoms with Crippen LogP contribution in [-0.4, -0.2) is 19.4 Å². The van der Waals surface area contributed by atoms with Crippen molar-refractivity contribution in [3.8, 4) is 0 Å². The number of sulfone groups is 1. The molecule has 0 saturated carbocycles. The van der Waals surface area contributed by atoms with E-state index in [4.69, 9.17) is 4.52 Å². The molecule has 1 aromatic heterocycles. The van der Waals surface area contributed by atoms with Gasteiger partial charge in [0.15, 0.2) is 15.6 Å². The number of Topliss-reactive ketones (excluding diaryl/α,β-unsaturated/α-hetero) is 1. The molecule has 112 valence electrons. The minimum Gasteiger partial charge on any atom is -0.361 e.